The summed E-state index contributed by atoms with van der Waals surface area (Å²) < 4.78 is 9.23. The van der Waals surface area contributed by atoms with Crippen molar-refractivity contribution in [2.24, 2.45) is 5.41 Å². The second-order valence-electron chi connectivity index (χ2n) is 5.11. The maximum atomic E-state index is 11.8. The standard InChI is InChI=1S/C12H20N2O2S/c1-6-16-11(15)9-8(2)14-17-10(9)13-7-12(3,4)5/h13H,6-7H2,1-5H3. The van der Waals surface area contributed by atoms with Crippen LogP contribution in [-0.2, 0) is 4.74 Å². The lowest BCUT2D eigenvalue weighted by Gasteiger charge is -2.19. The van der Waals surface area contributed by atoms with Gasteiger partial charge >= 0.3 is 5.97 Å². The highest BCUT2D eigenvalue weighted by molar-refractivity contribution is 7.10. The smallest absolute Gasteiger partial charge is 0.343 e. The van der Waals surface area contributed by atoms with Gasteiger partial charge in [-0.1, -0.05) is 20.8 Å². The molecule has 0 amide bonds. The SMILES string of the molecule is CCOC(=O)c1c(C)nsc1NCC(C)(C)C. The second-order valence-corrected chi connectivity index (χ2v) is 5.88. The minimum Gasteiger partial charge on any atom is -0.462 e. The van der Waals surface area contributed by atoms with E-state index in [0.717, 1.165) is 17.2 Å². The van der Waals surface area contributed by atoms with Crippen LogP contribution in [0.25, 0.3) is 0 Å². The Hall–Kier alpha value is -1.10. The molecule has 0 aromatic carbocycles. The summed E-state index contributed by atoms with van der Waals surface area (Å²) in [6, 6.07) is 0. The first-order chi connectivity index (χ1) is 7.85. The van der Waals surface area contributed by atoms with Gasteiger partial charge in [0.05, 0.1) is 12.3 Å². The molecule has 0 saturated heterocycles. The van der Waals surface area contributed by atoms with Gasteiger partial charge < -0.3 is 10.1 Å². The van der Waals surface area contributed by atoms with E-state index in [-0.39, 0.29) is 11.4 Å². The van der Waals surface area contributed by atoms with Gasteiger partial charge in [-0.2, -0.15) is 4.37 Å². The quantitative estimate of drug-likeness (QED) is 0.841. The molecule has 17 heavy (non-hydrogen) atoms. The van der Waals surface area contributed by atoms with E-state index in [1.54, 1.807) is 6.92 Å². The number of carbonyl (C=O) groups excluding carboxylic acids is 1. The van der Waals surface area contributed by atoms with E-state index in [1.807, 2.05) is 6.92 Å². The van der Waals surface area contributed by atoms with Crippen molar-refractivity contribution in [1.29, 1.82) is 0 Å². The Morgan fingerprint density at radius 1 is 1.47 bits per heavy atom. The van der Waals surface area contributed by atoms with Crippen molar-refractivity contribution in [3.05, 3.63) is 11.3 Å². The van der Waals surface area contributed by atoms with Gasteiger partial charge in [-0.05, 0) is 30.8 Å². The molecular weight excluding hydrogens is 236 g/mol. The summed E-state index contributed by atoms with van der Waals surface area (Å²) in [6.07, 6.45) is 0. The van der Waals surface area contributed by atoms with Crippen LogP contribution in [0.1, 0.15) is 43.7 Å². The van der Waals surface area contributed by atoms with Crippen LogP contribution in [0.2, 0.25) is 0 Å². The van der Waals surface area contributed by atoms with Gasteiger partial charge in [0.2, 0.25) is 0 Å². The van der Waals surface area contributed by atoms with Gasteiger partial charge in [0.25, 0.3) is 0 Å². The number of aryl methyl sites for hydroxylation is 1. The van der Waals surface area contributed by atoms with Gasteiger partial charge in [-0.25, -0.2) is 4.79 Å². The number of hydrogen-bond donors (Lipinski definition) is 1. The number of esters is 1. The molecule has 0 saturated carbocycles. The molecule has 5 heteroatoms. The van der Waals surface area contributed by atoms with E-state index < -0.39 is 0 Å². The molecule has 1 heterocycles. The Balaban J connectivity index is 2.83. The summed E-state index contributed by atoms with van der Waals surface area (Å²) in [4.78, 5) is 11.8. The monoisotopic (exact) mass is 256 g/mol. The summed E-state index contributed by atoms with van der Waals surface area (Å²) in [5, 5.41) is 4.07. The number of nitrogens with one attached hydrogen (secondary N) is 1. The molecule has 0 unspecified atom stereocenters. The zero-order chi connectivity index (χ0) is 13.1. The van der Waals surface area contributed by atoms with Crippen molar-refractivity contribution in [1.82, 2.24) is 4.37 Å². The maximum Gasteiger partial charge on any atom is 0.343 e. The van der Waals surface area contributed by atoms with Crippen LogP contribution in [0.3, 0.4) is 0 Å². The van der Waals surface area contributed by atoms with E-state index in [9.17, 15) is 4.79 Å². The zero-order valence-corrected chi connectivity index (χ0v) is 11.9. The molecule has 0 atom stereocenters. The number of carbonyl (C=O) groups is 1. The van der Waals surface area contributed by atoms with Crippen molar-refractivity contribution in [3.63, 3.8) is 0 Å². The highest BCUT2D eigenvalue weighted by Gasteiger charge is 2.20. The molecule has 0 aliphatic rings. The molecule has 1 N–H and O–H groups in total. The molecule has 0 spiro atoms. The van der Waals surface area contributed by atoms with E-state index >= 15 is 0 Å². The molecule has 0 bridgehead atoms. The van der Waals surface area contributed by atoms with Crippen LogP contribution in [0.15, 0.2) is 0 Å². The first kappa shape index (κ1) is 14.0. The highest BCUT2D eigenvalue weighted by atomic mass is 32.1. The van der Waals surface area contributed by atoms with Gasteiger partial charge in [0.15, 0.2) is 0 Å². The molecule has 0 radical (unpaired) electrons. The lowest BCUT2D eigenvalue weighted by Crippen LogP contribution is -2.20. The maximum absolute atomic E-state index is 11.8. The van der Waals surface area contributed by atoms with Crippen molar-refractivity contribution in [2.75, 3.05) is 18.5 Å². The molecule has 0 aliphatic heterocycles. The number of anilines is 1. The molecule has 1 aromatic heterocycles. The summed E-state index contributed by atoms with van der Waals surface area (Å²) in [5.74, 6) is -0.296. The Bertz CT molecular complexity index is 394. The number of nitrogens with zero attached hydrogens (tertiary/aromatic N) is 1. The average molecular weight is 256 g/mol. The predicted molar refractivity (Wildman–Crippen MR) is 70.8 cm³/mol. The lowest BCUT2D eigenvalue weighted by atomic mass is 9.97. The minimum absolute atomic E-state index is 0.157. The first-order valence-corrected chi connectivity index (χ1v) is 6.49. The van der Waals surface area contributed by atoms with Crippen molar-refractivity contribution in [2.45, 2.75) is 34.6 Å². The van der Waals surface area contributed by atoms with Crippen LogP contribution >= 0.6 is 11.5 Å². The Labute approximate surface area is 107 Å². The average Bonchev–Trinajstić information content (AvgIpc) is 2.56. The van der Waals surface area contributed by atoms with Gasteiger partial charge in [-0.3, -0.25) is 0 Å². The summed E-state index contributed by atoms with van der Waals surface area (Å²) in [5.41, 5.74) is 1.45. The Kier molecular flexibility index (Phi) is 4.51. The fourth-order valence-corrected chi connectivity index (χ4v) is 2.06. The number of hydrogen-bond acceptors (Lipinski definition) is 5. The molecule has 0 aliphatic carbocycles. The topological polar surface area (TPSA) is 51.2 Å². The molecule has 1 rings (SSSR count). The normalized spacial score (nSPS) is 11.4. The number of rotatable bonds is 4. The van der Waals surface area contributed by atoms with Gasteiger partial charge in [0.1, 0.15) is 10.6 Å². The van der Waals surface area contributed by atoms with E-state index in [2.05, 4.69) is 30.5 Å². The minimum atomic E-state index is -0.296. The largest absolute Gasteiger partial charge is 0.462 e. The third-order valence-corrected chi connectivity index (χ3v) is 3.02. The van der Waals surface area contributed by atoms with Crippen molar-refractivity contribution >= 4 is 22.5 Å². The van der Waals surface area contributed by atoms with E-state index in [0.29, 0.717) is 12.2 Å². The molecule has 1 aromatic rings. The van der Waals surface area contributed by atoms with E-state index in [4.69, 9.17) is 4.74 Å². The molecule has 4 nitrogen and oxygen atoms in total. The van der Waals surface area contributed by atoms with Crippen LogP contribution in [0.4, 0.5) is 5.00 Å². The summed E-state index contributed by atoms with van der Waals surface area (Å²) in [7, 11) is 0. The third kappa shape index (κ3) is 4.00. The third-order valence-electron chi connectivity index (χ3n) is 2.12. The predicted octanol–water partition coefficient (Wildman–Crippen LogP) is 3.09. The van der Waals surface area contributed by atoms with Gasteiger partial charge in [0, 0.05) is 6.54 Å². The molecule has 0 fully saturated rings. The number of ether oxygens (including phenoxy) is 1. The second kappa shape index (κ2) is 5.49. The fraction of sp³-hybridized carbons (Fsp3) is 0.667. The summed E-state index contributed by atoms with van der Waals surface area (Å²) >= 11 is 1.31. The van der Waals surface area contributed by atoms with Crippen LogP contribution < -0.4 is 5.32 Å². The van der Waals surface area contributed by atoms with Crippen LogP contribution in [0, 0.1) is 12.3 Å². The zero-order valence-electron chi connectivity index (χ0n) is 11.1. The lowest BCUT2D eigenvalue weighted by molar-refractivity contribution is 0.0527. The summed E-state index contributed by atoms with van der Waals surface area (Å²) in [6.45, 7) is 11.2. The van der Waals surface area contributed by atoms with Gasteiger partial charge in [-0.15, -0.1) is 0 Å². The van der Waals surface area contributed by atoms with Crippen LogP contribution in [-0.4, -0.2) is 23.5 Å². The fourth-order valence-electron chi connectivity index (χ4n) is 1.28. The number of aromatic nitrogens is 1. The molecule has 96 valence electrons. The van der Waals surface area contributed by atoms with Crippen LogP contribution in [0.5, 0.6) is 0 Å². The molecular formula is C12H20N2O2S. The van der Waals surface area contributed by atoms with E-state index in [1.165, 1.54) is 11.5 Å². The Morgan fingerprint density at radius 3 is 2.65 bits per heavy atom. The van der Waals surface area contributed by atoms with Crippen molar-refractivity contribution in [3.8, 4) is 0 Å². The highest BCUT2D eigenvalue weighted by Crippen LogP contribution is 2.26. The van der Waals surface area contributed by atoms with Crippen molar-refractivity contribution < 1.29 is 9.53 Å². The Morgan fingerprint density at radius 2 is 2.12 bits per heavy atom. The first-order valence-electron chi connectivity index (χ1n) is 5.72.